The van der Waals surface area contributed by atoms with Crippen molar-refractivity contribution >= 4 is 23.6 Å². The summed E-state index contributed by atoms with van der Waals surface area (Å²) in [5.74, 6) is 0.930. The summed E-state index contributed by atoms with van der Waals surface area (Å²) in [4.78, 5) is 25.7. The van der Waals surface area contributed by atoms with Gasteiger partial charge in [0.15, 0.2) is 0 Å². The number of carbonyl (C=O) groups is 2. The molecule has 0 bridgehead atoms. The quantitative estimate of drug-likeness (QED) is 0.811. The largest absolute Gasteiger partial charge is 0.481 e. The van der Waals surface area contributed by atoms with Gasteiger partial charge in [0.05, 0.1) is 11.5 Å². The molecule has 0 aromatic heterocycles. The Kier molecular flexibility index (Phi) is 4.73. The van der Waals surface area contributed by atoms with Crippen LogP contribution in [0.3, 0.4) is 0 Å². The van der Waals surface area contributed by atoms with Gasteiger partial charge in [-0.1, -0.05) is 13.3 Å². The van der Waals surface area contributed by atoms with E-state index in [-0.39, 0.29) is 11.9 Å². The van der Waals surface area contributed by atoms with E-state index in [2.05, 4.69) is 5.32 Å². The number of rotatable bonds is 4. The van der Waals surface area contributed by atoms with Crippen LogP contribution in [0.15, 0.2) is 0 Å². The van der Waals surface area contributed by atoms with E-state index in [1.807, 2.05) is 6.92 Å². The third kappa shape index (κ3) is 3.05. The molecule has 0 spiro atoms. The van der Waals surface area contributed by atoms with Crippen molar-refractivity contribution < 1.29 is 14.7 Å². The van der Waals surface area contributed by atoms with Crippen LogP contribution in [-0.4, -0.2) is 52.6 Å². The van der Waals surface area contributed by atoms with Gasteiger partial charge >= 0.3 is 5.97 Å². The van der Waals surface area contributed by atoms with Gasteiger partial charge in [-0.2, -0.15) is 0 Å². The van der Waals surface area contributed by atoms with Gasteiger partial charge in [-0.05, 0) is 19.3 Å². The van der Waals surface area contributed by atoms with E-state index in [1.165, 1.54) is 0 Å². The summed E-state index contributed by atoms with van der Waals surface area (Å²) in [7, 11) is 0. The molecule has 2 atom stereocenters. The van der Waals surface area contributed by atoms with Crippen LogP contribution >= 0.6 is 11.8 Å². The smallest absolute Gasteiger partial charge is 0.311 e. The summed E-state index contributed by atoms with van der Waals surface area (Å²) in [6.45, 7) is 3.07. The van der Waals surface area contributed by atoms with Gasteiger partial charge in [0, 0.05) is 24.7 Å². The van der Waals surface area contributed by atoms with Crippen molar-refractivity contribution in [2.75, 3.05) is 24.7 Å². The third-order valence-electron chi connectivity index (χ3n) is 4.09. The molecule has 0 saturated carbocycles. The highest BCUT2D eigenvalue weighted by molar-refractivity contribution is 7.99. The minimum absolute atomic E-state index is 0.0754. The molecular formula is C13H22N2O3S. The van der Waals surface area contributed by atoms with Crippen LogP contribution in [0.4, 0.5) is 0 Å². The second kappa shape index (κ2) is 6.13. The van der Waals surface area contributed by atoms with Crippen LogP contribution in [0.1, 0.15) is 32.6 Å². The van der Waals surface area contributed by atoms with Crippen LogP contribution in [0.5, 0.6) is 0 Å². The van der Waals surface area contributed by atoms with Crippen molar-refractivity contribution in [1.82, 2.24) is 10.2 Å². The number of nitrogens with zero attached hydrogens (tertiary/aromatic N) is 1. The molecule has 2 fully saturated rings. The highest BCUT2D eigenvalue weighted by atomic mass is 32.2. The number of aliphatic carboxylic acids is 1. The second-order valence-corrected chi connectivity index (χ2v) is 6.50. The molecule has 0 aromatic carbocycles. The van der Waals surface area contributed by atoms with Gasteiger partial charge < -0.3 is 10.0 Å². The Balaban J connectivity index is 2.06. The first-order valence-corrected chi connectivity index (χ1v) is 8.08. The van der Waals surface area contributed by atoms with Gasteiger partial charge in [0.1, 0.15) is 0 Å². The molecule has 108 valence electrons. The minimum atomic E-state index is -0.749. The Morgan fingerprint density at radius 2 is 2.32 bits per heavy atom. The monoisotopic (exact) mass is 286 g/mol. The van der Waals surface area contributed by atoms with E-state index in [0.717, 1.165) is 24.5 Å². The van der Waals surface area contributed by atoms with Gasteiger partial charge in [-0.25, -0.2) is 0 Å². The summed E-state index contributed by atoms with van der Waals surface area (Å²) in [6, 6.07) is -0.128. The van der Waals surface area contributed by atoms with E-state index in [1.54, 1.807) is 16.7 Å². The molecule has 0 radical (unpaired) electrons. The summed E-state index contributed by atoms with van der Waals surface area (Å²) in [5.41, 5.74) is -0.728. The molecule has 1 amide bonds. The van der Waals surface area contributed by atoms with Crippen molar-refractivity contribution in [1.29, 1.82) is 0 Å². The molecule has 19 heavy (non-hydrogen) atoms. The van der Waals surface area contributed by atoms with Crippen LogP contribution in [0.25, 0.3) is 0 Å². The maximum Gasteiger partial charge on any atom is 0.311 e. The predicted octanol–water partition coefficient (Wildman–Crippen LogP) is 1.14. The SMILES string of the molecule is CCCC1(C(=O)O)CCCN(C(=O)C2CSCN2)C1. The molecule has 2 N–H and O–H groups in total. The van der Waals surface area contributed by atoms with Crippen LogP contribution in [-0.2, 0) is 9.59 Å². The van der Waals surface area contributed by atoms with Crippen molar-refractivity contribution in [2.24, 2.45) is 5.41 Å². The van der Waals surface area contributed by atoms with Crippen LogP contribution in [0, 0.1) is 5.41 Å². The third-order valence-corrected chi connectivity index (χ3v) is 5.03. The zero-order valence-corrected chi connectivity index (χ0v) is 12.2. The number of carbonyl (C=O) groups excluding carboxylic acids is 1. The standard InChI is InChI=1S/C13H22N2O3S/c1-2-4-13(12(17)18)5-3-6-15(8-13)11(16)10-7-19-9-14-10/h10,14H,2-9H2,1H3,(H,17,18). The highest BCUT2D eigenvalue weighted by Gasteiger charge is 2.43. The molecular weight excluding hydrogens is 264 g/mol. The van der Waals surface area contributed by atoms with E-state index in [0.29, 0.717) is 25.9 Å². The maximum atomic E-state index is 12.4. The van der Waals surface area contributed by atoms with Crippen LogP contribution in [0.2, 0.25) is 0 Å². The fourth-order valence-electron chi connectivity index (χ4n) is 3.06. The van der Waals surface area contributed by atoms with Crippen molar-refractivity contribution in [3.05, 3.63) is 0 Å². The zero-order valence-electron chi connectivity index (χ0n) is 11.4. The molecule has 2 unspecified atom stereocenters. The normalized spacial score (nSPS) is 31.4. The lowest BCUT2D eigenvalue weighted by atomic mass is 9.76. The molecule has 2 rings (SSSR count). The Morgan fingerprint density at radius 3 is 2.89 bits per heavy atom. The molecule has 0 aromatic rings. The van der Waals surface area contributed by atoms with E-state index in [9.17, 15) is 14.7 Å². The average Bonchev–Trinajstić information content (AvgIpc) is 2.92. The summed E-state index contributed by atoms with van der Waals surface area (Å²) >= 11 is 1.72. The maximum absolute atomic E-state index is 12.4. The Bertz CT molecular complexity index is 354. The molecule has 0 aliphatic carbocycles. The fraction of sp³-hybridized carbons (Fsp3) is 0.846. The predicted molar refractivity (Wildman–Crippen MR) is 75.0 cm³/mol. The van der Waals surface area contributed by atoms with Gasteiger partial charge in [0.2, 0.25) is 5.91 Å². The molecule has 2 heterocycles. The molecule has 2 aliphatic rings. The van der Waals surface area contributed by atoms with Crippen molar-refractivity contribution in [3.63, 3.8) is 0 Å². The second-order valence-electron chi connectivity index (χ2n) is 5.47. The number of thioether (sulfide) groups is 1. The summed E-state index contributed by atoms with van der Waals surface area (Å²) in [5, 5.41) is 12.7. The Hall–Kier alpha value is -0.750. The highest BCUT2D eigenvalue weighted by Crippen LogP contribution is 2.35. The average molecular weight is 286 g/mol. The van der Waals surface area contributed by atoms with Gasteiger partial charge in [-0.3, -0.25) is 14.9 Å². The fourth-order valence-corrected chi connectivity index (χ4v) is 3.99. The minimum Gasteiger partial charge on any atom is -0.481 e. The topological polar surface area (TPSA) is 69.6 Å². The van der Waals surface area contributed by atoms with Crippen LogP contribution < -0.4 is 5.32 Å². The number of nitrogens with one attached hydrogen (secondary N) is 1. The van der Waals surface area contributed by atoms with Crippen molar-refractivity contribution in [2.45, 2.75) is 38.6 Å². The lowest BCUT2D eigenvalue weighted by Gasteiger charge is -2.40. The lowest BCUT2D eigenvalue weighted by molar-refractivity contribution is -0.155. The van der Waals surface area contributed by atoms with E-state index >= 15 is 0 Å². The molecule has 2 aliphatic heterocycles. The molecule has 2 saturated heterocycles. The lowest BCUT2D eigenvalue weighted by Crippen LogP contribution is -2.54. The zero-order chi connectivity index (χ0) is 13.9. The first-order chi connectivity index (χ1) is 9.09. The summed E-state index contributed by atoms with van der Waals surface area (Å²) < 4.78 is 0. The first-order valence-electron chi connectivity index (χ1n) is 6.92. The Labute approximate surface area is 118 Å². The first kappa shape index (κ1) is 14.7. The number of carboxylic acid groups (broad SMARTS) is 1. The number of likely N-dealkylation sites (tertiary alicyclic amines) is 1. The number of piperidine rings is 1. The number of amides is 1. The number of hydrogen-bond acceptors (Lipinski definition) is 4. The Morgan fingerprint density at radius 1 is 1.53 bits per heavy atom. The molecule has 5 nitrogen and oxygen atoms in total. The van der Waals surface area contributed by atoms with Crippen molar-refractivity contribution in [3.8, 4) is 0 Å². The van der Waals surface area contributed by atoms with Gasteiger partial charge in [0.25, 0.3) is 0 Å². The van der Waals surface area contributed by atoms with E-state index in [4.69, 9.17) is 0 Å². The number of carboxylic acids is 1. The van der Waals surface area contributed by atoms with Gasteiger partial charge in [-0.15, -0.1) is 11.8 Å². The number of hydrogen-bond donors (Lipinski definition) is 2. The molecule has 6 heteroatoms. The summed E-state index contributed by atoms with van der Waals surface area (Å²) in [6.07, 6.45) is 2.97. The van der Waals surface area contributed by atoms with E-state index < -0.39 is 11.4 Å².